The molecule has 0 spiro atoms. The Hall–Kier alpha value is -1.85. The van der Waals surface area contributed by atoms with Gasteiger partial charge in [0.25, 0.3) is 0 Å². The van der Waals surface area contributed by atoms with Gasteiger partial charge in [0.2, 0.25) is 5.91 Å². The quantitative estimate of drug-likeness (QED) is 0.851. The second-order valence-electron chi connectivity index (χ2n) is 3.65. The summed E-state index contributed by atoms with van der Waals surface area (Å²) in [7, 11) is 0. The van der Waals surface area contributed by atoms with Crippen molar-refractivity contribution in [1.29, 1.82) is 0 Å². The summed E-state index contributed by atoms with van der Waals surface area (Å²) in [6.07, 6.45) is 4.39. The summed E-state index contributed by atoms with van der Waals surface area (Å²) in [6, 6.07) is 5.07. The summed E-state index contributed by atoms with van der Waals surface area (Å²) < 4.78 is 0. The number of aromatic nitrogens is 3. The summed E-state index contributed by atoms with van der Waals surface area (Å²) in [5, 5.41) is 10.0. The predicted octanol–water partition coefficient (Wildman–Crippen LogP) is 2.44. The Kier molecular flexibility index (Phi) is 4.54. The monoisotopic (exact) mass is 296 g/mol. The van der Waals surface area contributed by atoms with E-state index in [9.17, 15) is 4.79 Å². The number of benzene rings is 1. The number of nitrogens with one attached hydrogen (secondary N) is 2. The van der Waals surface area contributed by atoms with E-state index in [4.69, 9.17) is 23.2 Å². The number of aromatic amines is 1. The normalized spacial score (nSPS) is 10.8. The smallest absolute Gasteiger partial charge is 0.244 e. The topological polar surface area (TPSA) is 70.7 Å². The average Bonchev–Trinajstić information content (AvgIpc) is 2.88. The van der Waals surface area contributed by atoms with Crippen LogP contribution in [0.2, 0.25) is 10.0 Å². The Morgan fingerprint density at radius 3 is 2.95 bits per heavy atom. The van der Waals surface area contributed by atoms with Gasteiger partial charge in [0.05, 0.1) is 6.54 Å². The van der Waals surface area contributed by atoms with Crippen LogP contribution in [0.15, 0.2) is 30.6 Å². The molecular weight excluding hydrogens is 287 g/mol. The Morgan fingerprint density at radius 2 is 2.26 bits per heavy atom. The Bertz CT molecular complexity index is 596. The number of halogens is 2. The van der Waals surface area contributed by atoms with E-state index >= 15 is 0 Å². The average molecular weight is 297 g/mol. The van der Waals surface area contributed by atoms with Gasteiger partial charge in [-0.2, -0.15) is 5.10 Å². The fourth-order valence-corrected chi connectivity index (χ4v) is 1.82. The zero-order valence-electron chi connectivity index (χ0n) is 9.73. The number of carbonyl (C=O) groups excluding carboxylic acids is 1. The van der Waals surface area contributed by atoms with Crippen molar-refractivity contribution in [3.05, 3.63) is 52.0 Å². The molecule has 0 saturated heterocycles. The largest absolute Gasteiger partial charge is 0.345 e. The van der Waals surface area contributed by atoms with Gasteiger partial charge >= 0.3 is 0 Å². The van der Waals surface area contributed by atoms with E-state index in [0.29, 0.717) is 15.9 Å². The molecule has 1 amide bonds. The molecule has 1 heterocycles. The number of rotatable bonds is 4. The molecule has 2 N–H and O–H groups in total. The zero-order chi connectivity index (χ0) is 13.7. The summed E-state index contributed by atoms with van der Waals surface area (Å²) in [6.45, 7) is 0.289. The molecule has 0 unspecified atom stereocenters. The van der Waals surface area contributed by atoms with Crippen molar-refractivity contribution < 1.29 is 4.79 Å². The molecule has 0 aliphatic heterocycles. The van der Waals surface area contributed by atoms with Crippen LogP contribution in [0.1, 0.15) is 11.4 Å². The van der Waals surface area contributed by atoms with E-state index in [1.165, 1.54) is 12.4 Å². The Labute approximate surface area is 119 Å². The molecule has 0 saturated carbocycles. The van der Waals surface area contributed by atoms with Gasteiger partial charge in [0.1, 0.15) is 12.2 Å². The van der Waals surface area contributed by atoms with Gasteiger partial charge in [-0.15, -0.1) is 0 Å². The Balaban J connectivity index is 1.92. The third-order valence-corrected chi connectivity index (χ3v) is 2.83. The van der Waals surface area contributed by atoms with Gasteiger partial charge in [0, 0.05) is 16.1 Å². The maximum atomic E-state index is 11.6. The molecule has 0 aliphatic carbocycles. The summed E-state index contributed by atoms with van der Waals surface area (Å²) in [5.74, 6) is 0.341. The lowest BCUT2D eigenvalue weighted by atomic mass is 10.2. The highest BCUT2D eigenvalue weighted by atomic mass is 35.5. The van der Waals surface area contributed by atoms with E-state index in [0.717, 1.165) is 5.56 Å². The standard InChI is InChI=1S/C12H10Cl2N4O/c13-9-3-1-8(10(14)5-9)2-4-12(19)15-6-11-16-7-17-18-11/h1-5,7H,6H2,(H,15,19)(H,16,17,18)/b4-2+. The van der Waals surface area contributed by atoms with Crippen molar-refractivity contribution in [1.82, 2.24) is 20.5 Å². The molecule has 2 rings (SSSR count). The number of carbonyl (C=O) groups is 1. The minimum Gasteiger partial charge on any atom is -0.345 e. The first-order chi connectivity index (χ1) is 9.15. The maximum absolute atomic E-state index is 11.6. The highest BCUT2D eigenvalue weighted by molar-refractivity contribution is 6.35. The summed E-state index contributed by atoms with van der Waals surface area (Å²) in [5.41, 5.74) is 0.723. The summed E-state index contributed by atoms with van der Waals surface area (Å²) >= 11 is 11.8. The van der Waals surface area contributed by atoms with Crippen LogP contribution in [0.3, 0.4) is 0 Å². The van der Waals surface area contributed by atoms with Crippen molar-refractivity contribution in [2.24, 2.45) is 0 Å². The number of amides is 1. The highest BCUT2D eigenvalue weighted by Crippen LogP contribution is 2.21. The molecule has 0 radical (unpaired) electrons. The van der Waals surface area contributed by atoms with Crippen LogP contribution in [-0.2, 0) is 11.3 Å². The van der Waals surface area contributed by atoms with Gasteiger partial charge in [-0.1, -0.05) is 29.3 Å². The number of hydrogen-bond acceptors (Lipinski definition) is 3. The van der Waals surface area contributed by atoms with Gasteiger partial charge in [-0.05, 0) is 23.8 Å². The SMILES string of the molecule is O=C(/C=C/c1ccc(Cl)cc1Cl)NCc1ncn[nH]1. The molecule has 0 atom stereocenters. The van der Waals surface area contributed by atoms with Crippen LogP contribution in [-0.4, -0.2) is 21.1 Å². The molecule has 2 aromatic rings. The lowest BCUT2D eigenvalue weighted by Crippen LogP contribution is -2.20. The van der Waals surface area contributed by atoms with E-state index in [1.807, 2.05) is 0 Å². The van der Waals surface area contributed by atoms with Crippen LogP contribution in [0.4, 0.5) is 0 Å². The minimum atomic E-state index is -0.248. The number of hydrogen-bond donors (Lipinski definition) is 2. The molecule has 5 nitrogen and oxygen atoms in total. The molecule has 0 aliphatic rings. The molecular formula is C12H10Cl2N4O. The van der Waals surface area contributed by atoms with Gasteiger partial charge in [0.15, 0.2) is 0 Å². The minimum absolute atomic E-state index is 0.248. The maximum Gasteiger partial charge on any atom is 0.244 e. The molecule has 0 bridgehead atoms. The van der Waals surface area contributed by atoms with E-state index in [-0.39, 0.29) is 12.5 Å². The number of H-pyrrole nitrogens is 1. The Morgan fingerprint density at radius 1 is 1.42 bits per heavy atom. The van der Waals surface area contributed by atoms with Crippen LogP contribution < -0.4 is 5.32 Å². The van der Waals surface area contributed by atoms with Crippen molar-refractivity contribution in [2.75, 3.05) is 0 Å². The van der Waals surface area contributed by atoms with Crippen molar-refractivity contribution >= 4 is 35.2 Å². The third kappa shape index (κ3) is 4.08. The lowest BCUT2D eigenvalue weighted by molar-refractivity contribution is -0.116. The van der Waals surface area contributed by atoms with Gasteiger partial charge in [-0.25, -0.2) is 4.98 Å². The van der Waals surface area contributed by atoms with Crippen LogP contribution >= 0.6 is 23.2 Å². The number of nitrogens with zero attached hydrogens (tertiary/aromatic N) is 2. The second-order valence-corrected chi connectivity index (χ2v) is 4.49. The highest BCUT2D eigenvalue weighted by Gasteiger charge is 2.00. The van der Waals surface area contributed by atoms with Crippen molar-refractivity contribution in [3.63, 3.8) is 0 Å². The van der Waals surface area contributed by atoms with Crippen molar-refractivity contribution in [3.8, 4) is 0 Å². The molecule has 1 aromatic heterocycles. The van der Waals surface area contributed by atoms with Crippen molar-refractivity contribution in [2.45, 2.75) is 6.54 Å². The fraction of sp³-hybridized carbons (Fsp3) is 0.0833. The zero-order valence-corrected chi connectivity index (χ0v) is 11.2. The van der Waals surface area contributed by atoms with E-state index in [1.54, 1.807) is 24.3 Å². The van der Waals surface area contributed by atoms with Crippen LogP contribution in [0.5, 0.6) is 0 Å². The molecule has 7 heteroatoms. The van der Waals surface area contributed by atoms with E-state index in [2.05, 4.69) is 20.5 Å². The third-order valence-electron chi connectivity index (χ3n) is 2.27. The lowest BCUT2D eigenvalue weighted by Gasteiger charge is -2.00. The first-order valence-corrected chi connectivity index (χ1v) is 6.16. The molecule has 19 heavy (non-hydrogen) atoms. The van der Waals surface area contributed by atoms with Gasteiger partial charge in [-0.3, -0.25) is 9.89 Å². The second kappa shape index (κ2) is 6.36. The predicted molar refractivity (Wildman–Crippen MR) is 73.7 cm³/mol. The molecule has 98 valence electrons. The van der Waals surface area contributed by atoms with Crippen LogP contribution in [0.25, 0.3) is 6.08 Å². The first-order valence-electron chi connectivity index (χ1n) is 5.40. The van der Waals surface area contributed by atoms with Gasteiger partial charge < -0.3 is 5.32 Å². The fourth-order valence-electron chi connectivity index (χ4n) is 1.35. The van der Waals surface area contributed by atoms with E-state index < -0.39 is 0 Å². The molecule has 1 aromatic carbocycles. The molecule has 0 fully saturated rings. The van der Waals surface area contributed by atoms with Crippen LogP contribution in [0, 0.1) is 0 Å². The summed E-state index contributed by atoms with van der Waals surface area (Å²) in [4.78, 5) is 15.4. The first kappa shape index (κ1) is 13.6.